The molecule has 1 aromatic heterocycles. The van der Waals surface area contributed by atoms with Gasteiger partial charge in [-0.1, -0.05) is 42.0 Å². The van der Waals surface area contributed by atoms with Crippen LogP contribution in [0.2, 0.25) is 0 Å². The minimum Gasteiger partial charge on any atom is -0.412 e. The van der Waals surface area contributed by atoms with Gasteiger partial charge >= 0.3 is 10.1 Å². The summed E-state index contributed by atoms with van der Waals surface area (Å²) < 4.78 is 31.4. The molecule has 1 aliphatic rings. The van der Waals surface area contributed by atoms with E-state index in [1.54, 1.807) is 28.9 Å². The minimum absolute atomic E-state index is 0. The lowest BCUT2D eigenvalue weighted by Crippen LogP contribution is -2.28. The molecule has 1 amide bonds. The Balaban J connectivity index is 0.00000304. The second-order valence-corrected chi connectivity index (χ2v) is 10.3. The second kappa shape index (κ2) is 10.6. The Kier molecular flexibility index (Phi) is 7.51. The fourth-order valence-electron chi connectivity index (χ4n) is 4.30. The van der Waals surface area contributed by atoms with E-state index in [0.717, 1.165) is 29.7 Å². The highest BCUT2D eigenvalue weighted by Crippen LogP contribution is 2.25. The van der Waals surface area contributed by atoms with Crippen LogP contribution in [0.15, 0.2) is 77.8 Å². The number of rotatable bonds is 6. The molecule has 1 saturated heterocycles. The van der Waals surface area contributed by atoms with E-state index < -0.39 is 16.0 Å². The second-order valence-electron chi connectivity index (χ2n) is 8.73. The molecular formula is C26H28N4O5S. The molecule has 0 unspecified atom stereocenters. The SMILES string of the molecule is Cc1ccc(S(=O)(=O)ONC(=O)c2cccc3cn(-c4ccc([C@@H]5CCCNC5)cc4)nc23)cc1.O. The molecule has 10 heteroatoms. The molecule has 4 N–H and O–H groups in total. The predicted molar refractivity (Wildman–Crippen MR) is 136 cm³/mol. The van der Waals surface area contributed by atoms with Gasteiger partial charge in [-0.3, -0.25) is 4.79 Å². The summed E-state index contributed by atoms with van der Waals surface area (Å²) >= 11 is 0. The van der Waals surface area contributed by atoms with Crippen LogP contribution in [0.25, 0.3) is 16.6 Å². The van der Waals surface area contributed by atoms with Crippen LogP contribution in [0.3, 0.4) is 0 Å². The first kappa shape index (κ1) is 25.5. The smallest absolute Gasteiger partial charge is 0.317 e. The Labute approximate surface area is 209 Å². The zero-order chi connectivity index (χ0) is 24.4. The van der Waals surface area contributed by atoms with Crippen molar-refractivity contribution in [1.82, 2.24) is 20.6 Å². The first-order valence-corrected chi connectivity index (χ1v) is 12.9. The Morgan fingerprint density at radius 1 is 1.08 bits per heavy atom. The van der Waals surface area contributed by atoms with Gasteiger partial charge in [0.25, 0.3) is 5.91 Å². The zero-order valence-corrected chi connectivity index (χ0v) is 20.6. The largest absolute Gasteiger partial charge is 0.412 e. The number of fused-ring (bicyclic) bond motifs is 1. The predicted octanol–water partition coefficient (Wildman–Crippen LogP) is 3.03. The van der Waals surface area contributed by atoms with E-state index in [9.17, 15) is 13.2 Å². The summed E-state index contributed by atoms with van der Waals surface area (Å²) in [6, 6.07) is 19.6. The average molecular weight is 509 g/mol. The first-order chi connectivity index (χ1) is 16.9. The number of hydrogen-bond donors (Lipinski definition) is 2. The molecular weight excluding hydrogens is 480 g/mol. The van der Waals surface area contributed by atoms with Crippen LogP contribution in [0.4, 0.5) is 0 Å². The van der Waals surface area contributed by atoms with Gasteiger partial charge in [0.1, 0.15) is 5.52 Å². The Morgan fingerprint density at radius 3 is 2.53 bits per heavy atom. The van der Waals surface area contributed by atoms with E-state index in [-0.39, 0.29) is 15.9 Å². The van der Waals surface area contributed by atoms with Gasteiger partial charge in [0.05, 0.1) is 16.1 Å². The molecule has 3 aromatic carbocycles. The number of aryl methyl sites for hydroxylation is 1. The lowest BCUT2D eigenvalue weighted by Gasteiger charge is -2.23. The van der Waals surface area contributed by atoms with Crippen molar-refractivity contribution in [3.63, 3.8) is 0 Å². The van der Waals surface area contributed by atoms with Crippen LogP contribution in [-0.4, -0.2) is 42.7 Å². The number of carbonyl (C=O) groups is 1. The highest BCUT2D eigenvalue weighted by atomic mass is 32.2. The molecule has 0 aliphatic carbocycles. The number of benzene rings is 3. The lowest BCUT2D eigenvalue weighted by molar-refractivity contribution is 0.0772. The highest BCUT2D eigenvalue weighted by molar-refractivity contribution is 7.86. The lowest BCUT2D eigenvalue weighted by atomic mass is 9.92. The maximum Gasteiger partial charge on any atom is 0.317 e. The van der Waals surface area contributed by atoms with Crippen molar-refractivity contribution < 1.29 is 23.0 Å². The molecule has 4 aromatic rings. The van der Waals surface area contributed by atoms with E-state index >= 15 is 0 Å². The summed E-state index contributed by atoms with van der Waals surface area (Å²) in [6.07, 6.45) is 4.20. The number of nitrogens with zero attached hydrogens (tertiary/aromatic N) is 2. The molecule has 1 fully saturated rings. The van der Waals surface area contributed by atoms with Gasteiger partial charge in [0, 0.05) is 18.1 Å². The molecule has 0 saturated carbocycles. The maximum atomic E-state index is 12.8. The molecule has 0 spiro atoms. The Hall–Kier alpha value is -3.57. The third-order valence-electron chi connectivity index (χ3n) is 6.26. The molecule has 5 rings (SSSR count). The average Bonchev–Trinajstić information content (AvgIpc) is 3.33. The van der Waals surface area contributed by atoms with Crippen molar-refractivity contribution in [2.24, 2.45) is 0 Å². The highest BCUT2D eigenvalue weighted by Gasteiger charge is 2.20. The van der Waals surface area contributed by atoms with Crippen molar-refractivity contribution in [1.29, 1.82) is 0 Å². The zero-order valence-electron chi connectivity index (χ0n) is 19.8. The van der Waals surface area contributed by atoms with Crippen LogP contribution in [0.5, 0.6) is 0 Å². The Morgan fingerprint density at radius 2 is 1.83 bits per heavy atom. The van der Waals surface area contributed by atoms with Gasteiger partial charge in [-0.05, 0) is 68.1 Å². The third-order valence-corrected chi connectivity index (χ3v) is 7.41. The van der Waals surface area contributed by atoms with Crippen LogP contribution >= 0.6 is 0 Å². The quantitative estimate of drug-likeness (QED) is 0.385. The van der Waals surface area contributed by atoms with E-state index in [1.165, 1.54) is 30.5 Å². The third kappa shape index (κ3) is 5.31. The van der Waals surface area contributed by atoms with Crippen molar-refractivity contribution in [2.75, 3.05) is 13.1 Å². The van der Waals surface area contributed by atoms with Gasteiger partial charge in [-0.15, -0.1) is 4.28 Å². The number of aromatic nitrogens is 2. The summed E-state index contributed by atoms with van der Waals surface area (Å²) in [4.78, 5) is 12.8. The van der Waals surface area contributed by atoms with Crippen molar-refractivity contribution >= 4 is 26.9 Å². The topological polar surface area (TPSA) is 134 Å². The summed E-state index contributed by atoms with van der Waals surface area (Å²) in [5, 5.41) is 8.79. The molecule has 0 radical (unpaired) electrons. The summed E-state index contributed by atoms with van der Waals surface area (Å²) in [5.41, 5.74) is 5.80. The van der Waals surface area contributed by atoms with Crippen molar-refractivity contribution in [3.05, 3.63) is 89.6 Å². The number of nitrogens with one attached hydrogen (secondary N) is 2. The first-order valence-electron chi connectivity index (χ1n) is 11.5. The number of hydroxylamine groups is 1. The number of carbonyl (C=O) groups excluding carboxylic acids is 1. The number of amides is 1. The monoisotopic (exact) mass is 508 g/mol. The van der Waals surface area contributed by atoms with Crippen LogP contribution in [-0.2, 0) is 14.4 Å². The normalized spacial score (nSPS) is 15.9. The molecule has 0 bridgehead atoms. The van der Waals surface area contributed by atoms with Crippen LogP contribution < -0.4 is 10.8 Å². The van der Waals surface area contributed by atoms with Crippen LogP contribution in [0, 0.1) is 6.92 Å². The van der Waals surface area contributed by atoms with Gasteiger partial charge in [0.2, 0.25) is 0 Å². The molecule has 36 heavy (non-hydrogen) atoms. The number of piperidine rings is 1. The molecule has 9 nitrogen and oxygen atoms in total. The van der Waals surface area contributed by atoms with Gasteiger partial charge in [-0.2, -0.15) is 13.5 Å². The van der Waals surface area contributed by atoms with E-state index in [2.05, 4.69) is 28.0 Å². The van der Waals surface area contributed by atoms with Gasteiger partial charge < -0.3 is 10.8 Å². The molecule has 1 atom stereocenters. The summed E-state index contributed by atoms with van der Waals surface area (Å²) in [6.45, 7) is 3.92. The minimum atomic E-state index is -4.15. The molecule has 188 valence electrons. The molecule has 2 heterocycles. The van der Waals surface area contributed by atoms with Crippen LogP contribution in [0.1, 0.15) is 40.2 Å². The summed E-state index contributed by atoms with van der Waals surface area (Å²) in [7, 11) is -4.15. The van der Waals surface area contributed by atoms with Gasteiger partial charge in [0.15, 0.2) is 0 Å². The van der Waals surface area contributed by atoms with E-state index in [4.69, 9.17) is 4.28 Å². The fourth-order valence-corrected chi connectivity index (χ4v) is 5.05. The van der Waals surface area contributed by atoms with Crippen molar-refractivity contribution in [2.45, 2.75) is 30.6 Å². The fraction of sp³-hybridized carbons (Fsp3) is 0.231. The van der Waals surface area contributed by atoms with Gasteiger partial charge in [-0.25, -0.2) is 10.2 Å². The maximum absolute atomic E-state index is 12.8. The van der Waals surface area contributed by atoms with Crippen molar-refractivity contribution in [3.8, 4) is 5.69 Å². The summed E-state index contributed by atoms with van der Waals surface area (Å²) in [5.74, 6) is -0.183. The van der Waals surface area contributed by atoms with E-state index in [0.29, 0.717) is 11.4 Å². The number of hydrogen-bond acceptors (Lipinski definition) is 6. The molecule has 1 aliphatic heterocycles. The Bertz CT molecular complexity index is 1460. The standard InChI is InChI=1S/C26H26N4O4S.H2O/c1-18-7-13-23(14-8-18)35(32,33)34-29-26(31)24-6-2-4-21-17-30(28-25(21)24)22-11-9-19(10-12-22)20-5-3-15-27-16-20;/h2,4,6-14,17,20,27H,3,5,15-16H2,1H3,(H,29,31);1H2/t20-;/m1./s1. The van der Waals surface area contributed by atoms with E-state index in [1.807, 2.05) is 31.3 Å².